The molecule has 0 radical (unpaired) electrons. The van der Waals surface area contributed by atoms with E-state index in [9.17, 15) is 18.4 Å². The van der Waals surface area contributed by atoms with Crippen molar-refractivity contribution >= 4 is 23.7 Å². The Balaban J connectivity index is 1.73. The molecule has 0 bridgehead atoms. The van der Waals surface area contributed by atoms with Crippen LogP contribution in [0.3, 0.4) is 0 Å². The maximum atomic E-state index is 13.8. The van der Waals surface area contributed by atoms with Crippen LogP contribution in [0.2, 0.25) is 0 Å². The van der Waals surface area contributed by atoms with Gasteiger partial charge in [-0.25, -0.2) is 14.2 Å². The highest BCUT2D eigenvalue weighted by Gasteiger charge is 2.15. The van der Waals surface area contributed by atoms with Gasteiger partial charge in [-0.3, -0.25) is 9.59 Å². The van der Waals surface area contributed by atoms with Crippen LogP contribution in [0, 0.1) is 11.6 Å². The van der Waals surface area contributed by atoms with Crippen LogP contribution >= 0.6 is 0 Å². The van der Waals surface area contributed by atoms with Gasteiger partial charge in [-0.2, -0.15) is 5.10 Å². The van der Waals surface area contributed by atoms with Crippen molar-refractivity contribution in [1.29, 1.82) is 0 Å². The number of benzene rings is 3. The predicted octanol–water partition coefficient (Wildman–Crippen LogP) is 3.98. The van der Waals surface area contributed by atoms with E-state index in [4.69, 9.17) is 0 Å². The first-order chi connectivity index (χ1) is 13.5. The molecule has 2 N–H and O–H groups in total. The molecule has 0 atom stereocenters. The summed E-state index contributed by atoms with van der Waals surface area (Å²) >= 11 is 0. The number of halogens is 2. The average molecular weight is 379 g/mol. The molecule has 0 unspecified atom stereocenters. The van der Waals surface area contributed by atoms with Gasteiger partial charge in [-0.15, -0.1) is 0 Å². The number of para-hydroxylation sites is 1. The number of carbonyl (C=O) groups is 2. The van der Waals surface area contributed by atoms with Gasteiger partial charge < -0.3 is 5.32 Å². The van der Waals surface area contributed by atoms with Crippen molar-refractivity contribution < 1.29 is 18.4 Å². The molecule has 7 heteroatoms. The summed E-state index contributed by atoms with van der Waals surface area (Å²) in [6.07, 6.45) is 1.29. The second-order valence-electron chi connectivity index (χ2n) is 5.73. The van der Waals surface area contributed by atoms with Crippen molar-refractivity contribution in [2.24, 2.45) is 5.10 Å². The summed E-state index contributed by atoms with van der Waals surface area (Å²) in [4.78, 5) is 24.7. The Kier molecular flexibility index (Phi) is 5.86. The molecule has 0 aliphatic carbocycles. The quantitative estimate of drug-likeness (QED) is 0.520. The van der Waals surface area contributed by atoms with Gasteiger partial charge in [0.05, 0.1) is 23.0 Å². The van der Waals surface area contributed by atoms with E-state index in [1.807, 2.05) is 0 Å². The molecule has 0 spiro atoms. The first-order valence-corrected chi connectivity index (χ1v) is 8.28. The van der Waals surface area contributed by atoms with E-state index < -0.39 is 23.4 Å². The van der Waals surface area contributed by atoms with Crippen LogP contribution in [0.15, 0.2) is 77.9 Å². The lowest BCUT2D eigenvalue weighted by Crippen LogP contribution is -2.21. The van der Waals surface area contributed by atoms with E-state index in [-0.39, 0.29) is 16.8 Å². The normalized spacial score (nSPS) is 10.6. The first-order valence-electron chi connectivity index (χ1n) is 8.28. The SMILES string of the molecule is O=C(Nc1ccccc1C(=O)NN=Cc1cccc(F)c1)c1ccccc1F. The minimum atomic E-state index is -0.679. The van der Waals surface area contributed by atoms with Gasteiger partial charge >= 0.3 is 0 Å². The lowest BCUT2D eigenvalue weighted by atomic mass is 10.1. The molecule has 3 aromatic rings. The molecular formula is C21H15F2N3O2. The monoisotopic (exact) mass is 379 g/mol. The van der Waals surface area contributed by atoms with E-state index in [0.29, 0.717) is 5.56 Å². The summed E-state index contributed by atoms with van der Waals surface area (Å²) in [7, 11) is 0. The van der Waals surface area contributed by atoms with Gasteiger partial charge in [-0.05, 0) is 42.0 Å². The summed E-state index contributed by atoms with van der Waals surface area (Å²) in [6.45, 7) is 0. The minimum Gasteiger partial charge on any atom is -0.321 e. The van der Waals surface area contributed by atoms with E-state index in [1.54, 1.807) is 18.2 Å². The van der Waals surface area contributed by atoms with Crippen molar-refractivity contribution in [2.75, 3.05) is 5.32 Å². The summed E-state index contributed by atoms with van der Waals surface area (Å²) in [6, 6.07) is 17.5. The van der Waals surface area contributed by atoms with Crippen LogP contribution in [0.1, 0.15) is 26.3 Å². The maximum absolute atomic E-state index is 13.8. The Morgan fingerprint density at radius 3 is 2.29 bits per heavy atom. The molecule has 140 valence electrons. The standard InChI is InChI=1S/C21H15F2N3O2/c22-15-7-5-6-14(12-15)13-24-26-21(28)17-9-2-4-11-19(17)25-20(27)16-8-1-3-10-18(16)23/h1-13H,(H,25,27)(H,26,28). The third-order valence-electron chi connectivity index (χ3n) is 3.77. The number of carbonyl (C=O) groups excluding carboxylic acids is 2. The van der Waals surface area contributed by atoms with Crippen LogP contribution in [-0.2, 0) is 0 Å². The number of hydrogen-bond donors (Lipinski definition) is 2. The second-order valence-corrected chi connectivity index (χ2v) is 5.73. The molecule has 0 aromatic heterocycles. The Labute approximate surface area is 159 Å². The predicted molar refractivity (Wildman–Crippen MR) is 102 cm³/mol. The summed E-state index contributed by atoms with van der Waals surface area (Å²) in [5.74, 6) is -2.35. The zero-order chi connectivity index (χ0) is 19.9. The fourth-order valence-electron chi connectivity index (χ4n) is 2.44. The molecule has 28 heavy (non-hydrogen) atoms. The molecule has 3 aromatic carbocycles. The Bertz CT molecular complexity index is 1050. The van der Waals surface area contributed by atoms with Crippen molar-refractivity contribution in [1.82, 2.24) is 5.43 Å². The molecular weight excluding hydrogens is 364 g/mol. The number of amides is 2. The third-order valence-corrected chi connectivity index (χ3v) is 3.77. The first kappa shape index (κ1) is 18.9. The number of anilines is 1. The number of nitrogens with one attached hydrogen (secondary N) is 2. The van der Waals surface area contributed by atoms with E-state index in [2.05, 4.69) is 15.8 Å². The Morgan fingerprint density at radius 1 is 0.821 bits per heavy atom. The molecule has 2 amide bonds. The van der Waals surface area contributed by atoms with E-state index in [1.165, 1.54) is 60.8 Å². The van der Waals surface area contributed by atoms with Gasteiger partial charge in [-0.1, -0.05) is 36.4 Å². The van der Waals surface area contributed by atoms with Gasteiger partial charge in [0.2, 0.25) is 0 Å². The maximum Gasteiger partial charge on any atom is 0.273 e. The topological polar surface area (TPSA) is 70.6 Å². The largest absolute Gasteiger partial charge is 0.321 e. The van der Waals surface area contributed by atoms with Crippen molar-refractivity contribution in [3.05, 3.63) is 101 Å². The summed E-state index contributed by atoms with van der Waals surface area (Å²) < 4.78 is 26.9. The number of hydrogen-bond acceptors (Lipinski definition) is 3. The molecule has 0 aliphatic heterocycles. The highest BCUT2D eigenvalue weighted by molar-refractivity contribution is 6.09. The van der Waals surface area contributed by atoms with Crippen molar-refractivity contribution in [2.45, 2.75) is 0 Å². The fraction of sp³-hybridized carbons (Fsp3) is 0. The minimum absolute atomic E-state index is 0.137. The lowest BCUT2D eigenvalue weighted by molar-refractivity contribution is 0.0956. The second kappa shape index (κ2) is 8.68. The van der Waals surface area contributed by atoms with Crippen LogP contribution in [0.4, 0.5) is 14.5 Å². The third kappa shape index (κ3) is 4.64. The highest BCUT2D eigenvalue weighted by atomic mass is 19.1. The molecule has 0 saturated carbocycles. The Hall–Kier alpha value is -3.87. The van der Waals surface area contributed by atoms with Gasteiger partial charge in [0.1, 0.15) is 11.6 Å². The number of rotatable bonds is 5. The zero-order valence-corrected chi connectivity index (χ0v) is 14.5. The molecule has 0 aliphatic rings. The van der Waals surface area contributed by atoms with Crippen LogP contribution in [-0.4, -0.2) is 18.0 Å². The van der Waals surface area contributed by atoms with E-state index >= 15 is 0 Å². The lowest BCUT2D eigenvalue weighted by Gasteiger charge is -2.10. The van der Waals surface area contributed by atoms with Crippen LogP contribution in [0.25, 0.3) is 0 Å². The zero-order valence-electron chi connectivity index (χ0n) is 14.5. The van der Waals surface area contributed by atoms with Crippen molar-refractivity contribution in [3.8, 4) is 0 Å². The van der Waals surface area contributed by atoms with Gasteiger partial charge in [0.25, 0.3) is 11.8 Å². The molecule has 0 heterocycles. The summed E-state index contributed by atoms with van der Waals surface area (Å²) in [5, 5.41) is 6.31. The molecule has 3 rings (SSSR count). The van der Waals surface area contributed by atoms with E-state index in [0.717, 1.165) is 0 Å². The average Bonchev–Trinajstić information content (AvgIpc) is 2.68. The van der Waals surface area contributed by atoms with Crippen LogP contribution in [0.5, 0.6) is 0 Å². The van der Waals surface area contributed by atoms with Crippen LogP contribution < -0.4 is 10.7 Å². The number of nitrogens with zero attached hydrogens (tertiary/aromatic N) is 1. The fourth-order valence-corrected chi connectivity index (χ4v) is 2.44. The van der Waals surface area contributed by atoms with Crippen molar-refractivity contribution in [3.63, 3.8) is 0 Å². The molecule has 0 saturated heterocycles. The summed E-state index contributed by atoms with van der Waals surface area (Å²) in [5.41, 5.74) is 3.00. The smallest absolute Gasteiger partial charge is 0.273 e. The number of hydrazone groups is 1. The highest BCUT2D eigenvalue weighted by Crippen LogP contribution is 2.17. The van der Waals surface area contributed by atoms with Gasteiger partial charge in [0.15, 0.2) is 0 Å². The van der Waals surface area contributed by atoms with Gasteiger partial charge in [0, 0.05) is 0 Å². The Morgan fingerprint density at radius 2 is 1.54 bits per heavy atom. The molecule has 0 fully saturated rings. The molecule has 5 nitrogen and oxygen atoms in total.